The summed E-state index contributed by atoms with van der Waals surface area (Å²) in [4.78, 5) is 6.91. The van der Waals surface area contributed by atoms with Crippen LogP contribution in [-0.2, 0) is 6.42 Å². The molecule has 0 bridgehead atoms. The number of likely N-dealkylation sites (tertiary alicyclic amines) is 1. The fraction of sp³-hybridized carbons (Fsp3) is 0.545. The van der Waals surface area contributed by atoms with Crippen LogP contribution in [0.15, 0.2) is 47.7 Å². The molecule has 1 fully saturated rings. The summed E-state index contributed by atoms with van der Waals surface area (Å²) in [6, 6.07) is 10.2. The van der Waals surface area contributed by atoms with Crippen LogP contribution in [0.25, 0.3) is 5.69 Å². The van der Waals surface area contributed by atoms with E-state index in [4.69, 9.17) is 0 Å². The Kier molecular flexibility index (Phi) is 7.91. The van der Waals surface area contributed by atoms with Crippen molar-refractivity contribution in [2.24, 2.45) is 10.9 Å². The SMILES string of the molecule is CN=C(NCCCN1CCC(C)CC1)NCCc1cnn(-c2ccccc2)c1. The number of piperidine rings is 1. The molecule has 0 spiro atoms. The molecule has 6 heteroatoms. The van der Waals surface area contributed by atoms with Crippen LogP contribution in [0.3, 0.4) is 0 Å². The zero-order valence-electron chi connectivity index (χ0n) is 17.3. The highest BCUT2D eigenvalue weighted by molar-refractivity contribution is 5.79. The van der Waals surface area contributed by atoms with Gasteiger partial charge in [0.1, 0.15) is 0 Å². The normalized spacial score (nSPS) is 16.3. The van der Waals surface area contributed by atoms with E-state index in [9.17, 15) is 0 Å². The van der Waals surface area contributed by atoms with Gasteiger partial charge in [0, 0.05) is 26.3 Å². The van der Waals surface area contributed by atoms with Gasteiger partial charge in [-0.25, -0.2) is 4.68 Å². The minimum atomic E-state index is 0.837. The summed E-state index contributed by atoms with van der Waals surface area (Å²) in [5.41, 5.74) is 2.30. The molecule has 0 unspecified atom stereocenters. The van der Waals surface area contributed by atoms with Gasteiger partial charge in [-0.05, 0) is 68.9 Å². The van der Waals surface area contributed by atoms with Crippen molar-refractivity contribution in [3.05, 3.63) is 48.3 Å². The molecule has 0 saturated carbocycles. The van der Waals surface area contributed by atoms with E-state index in [-0.39, 0.29) is 0 Å². The molecule has 0 amide bonds. The first-order valence-corrected chi connectivity index (χ1v) is 10.5. The molecule has 2 heterocycles. The summed E-state index contributed by atoms with van der Waals surface area (Å²) in [6.45, 7) is 7.84. The lowest BCUT2D eigenvalue weighted by Gasteiger charge is -2.30. The first kappa shape index (κ1) is 20.4. The number of aliphatic imine (C=N–C) groups is 1. The quantitative estimate of drug-likeness (QED) is 0.419. The van der Waals surface area contributed by atoms with E-state index < -0.39 is 0 Å². The summed E-state index contributed by atoms with van der Waals surface area (Å²) < 4.78 is 1.92. The highest BCUT2D eigenvalue weighted by atomic mass is 15.3. The summed E-state index contributed by atoms with van der Waals surface area (Å²) in [7, 11) is 1.83. The fourth-order valence-electron chi connectivity index (χ4n) is 3.55. The van der Waals surface area contributed by atoms with Gasteiger partial charge in [-0.2, -0.15) is 5.10 Å². The van der Waals surface area contributed by atoms with Crippen LogP contribution in [0.4, 0.5) is 0 Å². The number of hydrogen-bond acceptors (Lipinski definition) is 3. The molecular formula is C22H34N6. The topological polar surface area (TPSA) is 57.5 Å². The van der Waals surface area contributed by atoms with Gasteiger partial charge >= 0.3 is 0 Å². The van der Waals surface area contributed by atoms with E-state index in [1.807, 2.05) is 36.1 Å². The number of nitrogens with zero attached hydrogens (tertiary/aromatic N) is 4. The van der Waals surface area contributed by atoms with E-state index in [0.29, 0.717) is 0 Å². The van der Waals surface area contributed by atoms with Crippen LogP contribution < -0.4 is 10.6 Å². The number of rotatable bonds is 8. The third kappa shape index (κ3) is 6.37. The van der Waals surface area contributed by atoms with Crippen molar-refractivity contribution >= 4 is 5.96 Å². The highest BCUT2D eigenvalue weighted by Gasteiger charge is 2.14. The van der Waals surface area contributed by atoms with Gasteiger partial charge in [0.25, 0.3) is 0 Å². The van der Waals surface area contributed by atoms with Crippen molar-refractivity contribution in [2.45, 2.75) is 32.6 Å². The van der Waals surface area contributed by atoms with Crippen molar-refractivity contribution in [3.8, 4) is 5.69 Å². The molecule has 1 aromatic heterocycles. The molecule has 1 aromatic carbocycles. The lowest BCUT2D eigenvalue weighted by Crippen LogP contribution is -2.40. The van der Waals surface area contributed by atoms with Crippen LogP contribution in [0.2, 0.25) is 0 Å². The van der Waals surface area contributed by atoms with Crippen LogP contribution in [0.5, 0.6) is 0 Å². The second kappa shape index (κ2) is 10.9. The standard InChI is InChI=1S/C22H34N6/c1-19-10-15-27(16-11-19)14-6-12-24-22(23-2)25-13-9-20-17-26-28(18-20)21-7-4-3-5-8-21/h3-5,7-8,17-19H,6,9-16H2,1-2H3,(H2,23,24,25). The Bertz CT molecular complexity index is 716. The van der Waals surface area contributed by atoms with E-state index >= 15 is 0 Å². The summed E-state index contributed by atoms with van der Waals surface area (Å²) in [5, 5.41) is 11.3. The van der Waals surface area contributed by atoms with Crippen LogP contribution in [0, 0.1) is 5.92 Å². The molecule has 1 aliphatic rings. The zero-order chi connectivity index (χ0) is 19.6. The van der Waals surface area contributed by atoms with E-state index in [1.165, 1.54) is 38.0 Å². The molecule has 0 atom stereocenters. The Balaban J connectivity index is 1.32. The van der Waals surface area contributed by atoms with Crippen molar-refractivity contribution in [1.29, 1.82) is 0 Å². The Labute approximate surface area is 169 Å². The fourth-order valence-corrected chi connectivity index (χ4v) is 3.55. The molecule has 2 N–H and O–H groups in total. The Morgan fingerprint density at radius 3 is 2.64 bits per heavy atom. The molecule has 6 nitrogen and oxygen atoms in total. The van der Waals surface area contributed by atoms with Gasteiger partial charge in [0.2, 0.25) is 0 Å². The summed E-state index contributed by atoms with van der Waals surface area (Å²) >= 11 is 0. The molecule has 152 valence electrons. The molecule has 0 aliphatic carbocycles. The van der Waals surface area contributed by atoms with Crippen LogP contribution in [0.1, 0.15) is 31.7 Å². The predicted molar refractivity (Wildman–Crippen MR) is 116 cm³/mol. The number of hydrogen-bond donors (Lipinski definition) is 2. The molecule has 0 radical (unpaired) electrons. The molecule has 1 saturated heterocycles. The van der Waals surface area contributed by atoms with Crippen molar-refractivity contribution in [2.75, 3.05) is 39.8 Å². The maximum absolute atomic E-state index is 4.45. The van der Waals surface area contributed by atoms with Crippen molar-refractivity contribution < 1.29 is 0 Å². The van der Waals surface area contributed by atoms with E-state index in [1.54, 1.807) is 0 Å². The van der Waals surface area contributed by atoms with Crippen molar-refractivity contribution in [1.82, 2.24) is 25.3 Å². The Morgan fingerprint density at radius 1 is 1.14 bits per heavy atom. The van der Waals surface area contributed by atoms with Gasteiger partial charge in [0.15, 0.2) is 5.96 Å². The maximum Gasteiger partial charge on any atom is 0.190 e. The van der Waals surface area contributed by atoms with Crippen molar-refractivity contribution in [3.63, 3.8) is 0 Å². The smallest absolute Gasteiger partial charge is 0.190 e. The second-order valence-electron chi connectivity index (χ2n) is 7.68. The van der Waals surface area contributed by atoms with Gasteiger partial charge in [0.05, 0.1) is 11.9 Å². The Morgan fingerprint density at radius 2 is 1.89 bits per heavy atom. The summed E-state index contributed by atoms with van der Waals surface area (Å²) in [6.07, 6.45) is 8.78. The van der Waals surface area contributed by atoms with E-state index in [0.717, 1.165) is 43.5 Å². The lowest BCUT2D eigenvalue weighted by atomic mass is 9.99. The van der Waals surface area contributed by atoms with Crippen LogP contribution >= 0.6 is 0 Å². The average molecular weight is 383 g/mol. The van der Waals surface area contributed by atoms with Crippen LogP contribution in [-0.4, -0.2) is 60.4 Å². The first-order chi connectivity index (χ1) is 13.7. The number of aromatic nitrogens is 2. The van der Waals surface area contributed by atoms with Gasteiger partial charge < -0.3 is 15.5 Å². The van der Waals surface area contributed by atoms with Gasteiger partial charge in [-0.15, -0.1) is 0 Å². The number of nitrogens with one attached hydrogen (secondary N) is 2. The number of benzene rings is 1. The monoisotopic (exact) mass is 382 g/mol. The molecular weight excluding hydrogens is 348 g/mol. The first-order valence-electron chi connectivity index (χ1n) is 10.5. The molecule has 3 rings (SSSR count). The van der Waals surface area contributed by atoms with E-state index in [2.05, 4.69) is 50.9 Å². The minimum Gasteiger partial charge on any atom is -0.356 e. The second-order valence-corrected chi connectivity index (χ2v) is 7.68. The largest absolute Gasteiger partial charge is 0.356 e. The Hall–Kier alpha value is -2.34. The van der Waals surface area contributed by atoms with Gasteiger partial charge in [-0.3, -0.25) is 4.99 Å². The lowest BCUT2D eigenvalue weighted by molar-refractivity contribution is 0.191. The molecule has 28 heavy (non-hydrogen) atoms. The minimum absolute atomic E-state index is 0.837. The highest BCUT2D eigenvalue weighted by Crippen LogP contribution is 2.15. The third-order valence-corrected chi connectivity index (χ3v) is 5.41. The number of guanidine groups is 1. The maximum atomic E-state index is 4.45. The predicted octanol–water partition coefficient (Wildman–Crippen LogP) is 2.70. The molecule has 2 aromatic rings. The molecule has 1 aliphatic heterocycles. The average Bonchev–Trinajstić information content (AvgIpc) is 3.21. The summed E-state index contributed by atoms with van der Waals surface area (Å²) in [5.74, 6) is 1.78. The zero-order valence-corrected chi connectivity index (χ0v) is 17.3. The number of para-hydroxylation sites is 1. The third-order valence-electron chi connectivity index (χ3n) is 5.41. The van der Waals surface area contributed by atoms with Gasteiger partial charge in [-0.1, -0.05) is 25.1 Å².